The van der Waals surface area contributed by atoms with Crippen LogP contribution < -0.4 is 10.6 Å². The monoisotopic (exact) mass is 442 g/mol. The second kappa shape index (κ2) is 8.10. The molecule has 4 aromatic rings. The van der Waals surface area contributed by atoms with E-state index >= 15 is 0 Å². The van der Waals surface area contributed by atoms with Gasteiger partial charge in [0.15, 0.2) is 5.82 Å². The van der Waals surface area contributed by atoms with Crippen molar-refractivity contribution in [3.63, 3.8) is 0 Å². The molecule has 0 unspecified atom stereocenters. The summed E-state index contributed by atoms with van der Waals surface area (Å²) in [5.41, 5.74) is 2.89. The largest absolute Gasteiger partial charge is 0.465 e. The molecule has 0 saturated carbocycles. The van der Waals surface area contributed by atoms with Crippen molar-refractivity contribution in [1.82, 2.24) is 20.4 Å². The SMILES string of the molecule is Cc1cc(NC(=O)O)ccc1Nc1cc(-c2ccc(-c3cn[nH]c3C(F)(F)F)cc2)[nH]n1. The molecular weight excluding hydrogens is 425 g/mol. The number of benzene rings is 2. The molecular formula is C21H17F3N6O2. The van der Waals surface area contributed by atoms with E-state index in [9.17, 15) is 18.0 Å². The number of aromatic nitrogens is 4. The number of alkyl halides is 3. The van der Waals surface area contributed by atoms with Crippen molar-refractivity contribution in [1.29, 1.82) is 0 Å². The predicted molar refractivity (Wildman–Crippen MR) is 113 cm³/mol. The Labute approximate surface area is 179 Å². The molecule has 0 aliphatic carbocycles. The summed E-state index contributed by atoms with van der Waals surface area (Å²) in [5, 5.41) is 26.8. The summed E-state index contributed by atoms with van der Waals surface area (Å²) in [4.78, 5) is 10.7. The number of aryl methyl sites for hydroxylation is 1. The first-order valence-electron chi connectivity index (χ1n) is 9.35. The Balaban J connectivity index is 1.51. The van der Waals surface area contributed by atoms with Crippen LogP contribution in [0.5, 0.6) is 0 Å². The van der Waals surface area contributed by atoms with Crippen LogP contribution in [0.4, 0.5) is 35.2 Å². The number of nitrogens with one attached hydrogen (secondary N) is 4. The number of halogens is 3. The van der Waals surface area contributed by atoms with Crippen molar-refractivity contribution in [3.8, 4) is 22.4 Å². The van der Waals surface area contributed by atoms with Crippen LogP contribution in [0, 0.1) is 6.92 Å². The number of carboxylic acid groups (broad SMARTS) is 1. The van der Waals surface area contributed by atoms with Crippen LogP contribution >= 0.6 is 0 Å². The number of aromatic amines is 2. The molecule has 0 spiro atoms. The lowest BCUT2D eigenvalue weighted by Gasteiger charge is -2.09. The zero-order valence-electron chi connectivity index (χ0n) is 16.6. The molecule has 0 aliphatic heterocycles. The highest BCUT2D eigenvalue weighted by Crippen LogP contribution is 2.36. The van der Waals surface area contributed by atoms with Crippen LogP contribution in [0.1, 0.15) is 11.3 Å². The van der Waals surface area contributed by atoms with Gasteiger partial charge in [0, 0.05) is 23.0 Å². The smallest absolute Gasteiger partial charge is 0.433 e. The van der Waals surface area contributed by atoms with Crippen LogP contribution in [0.2, 0.25) is 0 Å². The highest BCUT2D eigenvalue weighted by molar-refractivity contribution is 5.83. The molecule has 32 heavy (non-hydrogen) atoms. The first-order chi connectivity index (χ1) is 15.2. The van der Waals surface area contributed by atoms with Crippen LogP contribution in [0.25, 0.3) is 22.4 Å². The molecule has 5 N–H and O–H groups in total. The van der Waals surface area contributed by atoms with Crippen molar-refractivity contribution in [2.45, 2.75) is 13.1 Å². The summed E-state index contributed by atoms with van der Waals surface area (Å²) in [6, 6.07) is 13.4. The number of rotatable bonds is 5. The van der Waals surface area contributed by atoms with Crippen LogP contribution in [0.15, 0.2) is 54.7 Å². The fourth-order valence-corrected chi connectivity index (χ4v) is 3.23. The summed E-state index contributed by atoms with van der Waals surface area (Å²) in [6.07, 6.45) is -4.51. The first-order valence-corrected chi connectivity index (χ1v) is 9.35. The van der Waals surface area contributed by atoms with Gasteiger partial charge in [-0.25, -0.2) is 4.79 Å². The highest BCUT2D eigenvalue weighted by atomic mass is 19.4. The second-order valence-corrected chi connectivity index (χ2v) is 6.99. The Morgan fingerprint density at radius 3 is 2.41 bits per heavy atom. The van der Waals surface area contributed by atoms with E-state index < -0.39 is 18.0 Å². The summed E-state index contributed by atoms with van der Waals surface area (Å²) < 4.78 is 39.2. The number of nitrogens with zero attached hydrogens (tertiary/aromatic N) is 2. The maximum absolute atomic E-state index is 13.1. The Morgan fingerprint density at radius 2 is 1.75 bits per heavy atom. The minimum atomic E-state index is -4.52. The van der Waals surface area contributed by atoms with E-state index in [1.807, 2.05) is 12.0 Å². The zero-order valence-corrected chi connectivity index (χ0v) is 16.6. The number of amides is 1. The lowest BCUT2D eigenvalue weighted by molar-refractivity contribution is -0.140. The van der Waals surface area contributed by atoms with Crippen molar-refractivity contribution in [2.75, 3.05) is 10.6 Å². The third-order valence-corrected chi connectivity index (χ3v) is 4.75. The average molecular weight is 442 g/mol. The van der Waals surface area contributed by atoms with Crippen LogP contribution in [-0.2, 0) is 6.18 Å². The average Bonchev–Trinajstić information content (AvgIpc) is 3.39. The van der Waals surface area contributed by atoms with Gasteiger partial charge in [-0.3, -0.25) is 15.5 Å². The molecule has 2 aromatic heterocycles. The Kier molecular flexibility index (Phi) is 5.31. The summed E-state index contributed by atoms with van der Waals surface area (Å²) in [5.74, 6) is 0.528. The van der Waals surface area contributed by atoms with Gasteiger partial charge in [-0.2, -0.15) is 23.4 Å². The molecule has 1 amide bonds. The second-order valence-electron chi connectivity index (χ2n) is 6.99. The van der Waals surface area contributed by atoms with Gasteiger partial charge in [-0.1, -0.05) is 24.3 Å². The van der Waals surface area contributed by atoms with Crippen molar-refractivity contribution < 1.29 is 23.1 Å². The van der Waals surface area contributed by atoms with Crippen LogP contribution in [-0.4, -0.2) is 31.6 Å². The molecule has 0 saturated heterocycles. The van der Waals surface area contributed by atoms with Gasteiger partial charge in [0.05, 0.1) is 11.9 Å². The van der Waals surface area contributed by atoms with Gasteiger partial charge >= 0.3 is 12.3 Å². The van der Waals surface area contributed by atoms with Crippen molar-refractivity contribution in [2.24, 2.45) is 0 Å². The van der Waals surface area contributed by atoms with Crippen molar-refractivity contribution >= 4 is 23.3 Å². The molecule has 164 valence electrons. The highest BCUT2D eigenvalue weighted by Gasteiger charge is 2.35. The number of hydrogen-bond acceptors (Lipinski definition) is 4. The summed E-state index contributed by atoms with van der Waals surface area (Å²) in [6.45, 7) is 1.83. The predicted octanol–water partition coefficient (Wildman–Crippen LogP) is 5.63. The Bertz CT molecular complexity index is 1260. The number of anilines is 3. The molecule has 0 aliphatic rings. The maximum Gasteiger partial charge on any atom is 0.433 e. The van der Waals surface area contributed by atoms with Gasteiger partial charge in [0.2, 0.25) is 0 Å². The number of hydrogen-bond donors (Lipinski definition) is 5. The van der Waals surface area contributed by atoms with Gasteiger partial charge in [0.1, 0.15) is 5.69 Å². The van der Waals surface area contributed by atoms with Crippen LogP contribution in [0.3, 0.4) is 0 Å². The van der Waals surface area contributed by atoms with Gasteiger partial charge in [-0.05, 0) is 41.8 Å². The van der Waals surface area contributed by atoms with E-state index in [1.165, 1.54) is 0 Å². The number of H-pyrrole nitrogens is 2. The lowest BCUT2D eigenvalue weighted by atomic mass is 10.0. The molecule has 8 nitrogen and oxygen atoms in total. The van der Waals surface area contributed by atoms with E-state index in [2.05, 4.69) is 25.9 Å². The lowest BCUT2D eigenvalue weighted by Crippen LogP contribution is -2.07. The number of carbonyl (C=O) groups is 1. The Hall–Kier alpha value is -4.28. The molecule has 0 bridgehead atoms. The minimum absolute atomic E-state index is 0.0210. The first kappa shape index (κ1) is 21.0. The van der Waals surface area contributed by atoms with E-state index in [0.29, 0.717) is 22.8 Å². The van der Waals surface area contributed by atoms with Gasteiger partial charge in [-0.15, -0.1) is 0 Å². The van der Waals surface area contributed by atoms with Gasteiger partial charge in [0.25, 0.3) is 0 Å². The molecule has 0 atom stereocenters. The van der Waals surface area contributed by atoms with E-state index in [4.69, 9.17) is 5.11 Å². The maximum atomic E-state index is 13.1. The topological polar surface area (TPSA) is 119 Å². The van der Waals surface area contributed by atoms with E-state index in [1.54, 1.807) is 48.5 Å². The third kappa shape index (κ3) is 4.41. The Morgan fingerprint density at radius 1 is 1.03 bits per heavy atom. The molecule has 2 aromatic carbocycles. The molecule has 0 fully saturated rings. The minimum Gasteiger partial charge on any atom is -0.465 e. The van der Waals surface area contributed by atoms with E-state index in [0.717, 1.165) is 23.0 Å². The molecule has 4 rings (SSSR count). The normalized spacial score (nSPS) is 11.4. The fraction of sp³-hybridized carbons (Fsp3) is 0.0952. The fourth-order valence-electron chi connectivity index (χ4n) is 3.23. The molecule has 0 radical (unpaired) electrons. The third-order valence-electron chi connectivity index (χ3n) is 4.75. The standard InChI is InChI=1S/C21H17F3N6O2/c1-11-8-14(26-20(31)32)6-7-16(11)27-18-9-17(28-29-18)13-4-2-12(3-5-13)15-10-25-30-19(15)21(22,23)24/h2-10,26H,1H3,(H,25,30)(H,31,32)(H2,27,28,29). The molecule has 11 heteroatoms. The zero-order chi connectivity index (χ0) is 22.9. The van der Waals surface area contributed by atoms with Crippen molar-refractivity contribution in [3.05, 3.63) is 66.0 Å². The van der Waals surface area contributed by atoms with E-state index in [-0.39, 0.29) is 5.56 Å². The van der Waals surface area contributed by atoms with Gasteiger partial charge < -0.3 is 10.4 Å². The quantitative estimate of drug-likeness (QED) is 0.275. The summed E-state index contributed by atoms with van der Waals surface area (Å²) in [7, 11) is 0. The molecule has 2 heterocycles. The summed E-state index contributed by atoms with van der Waals surface area (Å²) >= 11 is 0.